The normalized spacial score (nSPS) is 12.0. The Bertz CT molecular complexity index is 523. The lowest BCUT2D eigenvalue weighted by atomic mass is 9.97. The molecule has 116 valence electrons. The highest BCUT2D eigenvalue weighted by molar-refractivity contribution is 9.10. The van der Waals surface area contributed by atoms with Gasteiger partial charge in [-0.2, -0.15) is 0 Å². The Kier molecular flexibility index (Phi) is 6.98. The summed E-state index contributed by atoms with van der Waals surface area (Å²) in [5.41, 5.74) is 0.458. The SMILES string of the molecule is CC(C)CC(CNC(=O)Nc1cc(Br)ccc1Cl)C(=O)O. The lowest BCUT2D eigenvalue weighted by Crippen LogP contribution is -2.36. The summed E-state index contributed by atoms with van der Waals surface area (Å²) in [6, 6.07) is 4.60. The molecule has 0 saturated carbocycles. The molecular weight excluding hydrogens is 360 g/mol. The van der Waals surface area contributed by atoms with Gasteiger partial charge in [0.25, 0.3) is 0 Å². The van der Waals surface area contributed by atoms with Crippen molar-refractivity contribution in [2.24, 2.45) is 11.8 Å². The number of carbonyl (C=O) groups excluding carboxylic acids is 1. The monoisotopic (exact) mass is 376 g/mol. The van der Waals surface area contributed by atoms with Crippen molar-refractivity contribution in [3.8, 4) is 0 Å². The van der Waals surface area contributed by atoms with Gasteiger partial charge in [0.2, 0.25) is 0 Å². The first-order chi connectivity index (χ1) is 9.79. The van der Waals surface area contributed by atoms with Crippen LogP contribution in [-0.2, 0) is 4.79 Å². The number of carboxylic acids is 1. The number of nitrogens with one attached hydrogen (secondary N) is 2. The van der Waals surface area contributed by atoms with Gasteiger partial charge in [0, 0.05) is 11.0 Å². The molecule has 1 aromatic rings. The van der Waals surface area contributed by atoms with E-state index < -0.39 is 17.9 Å². The van der Waals surface area contributed by atoms with E-state index in [1.807, 2.05) is 13.8 Å². The van der Waals surface area contributed by atoms with E-state index in [2.05, 4.69) is 26.6 Å². The molecule has 1 aromatic carbocycles. The van der Waals surface area contributed by atoms with Crippen LogP contribution in [0.2, 0.25) is 5.02 Å². The van der Waals surface area contributed by atoms with Gasteiger partial charge < -0.3 is 15.7 Å². The van der Waals surface area contributed by atoms with Gasteiger partial charge in [-0.3, -0.25) is 4.79 Å². The zero-order chi connectivity index (χ0) is 16.0. The summed E-state index contributed by atoms with van der Waals surface area (Å²) in [6.07, 6.45) is 0.507. The maximum Gasteiger partial charge on any atom is 0.319 e. The minimum Gasteiger partial charge on any atom is -0.481 e. The summed E-state index contributed by atoms with van der Waals surface area (Å²) in [6.45, 7) is 3.96. The number of carbonyl (C=O) groups is 2. The van der Waals surface area contributed by atoms with Gasteiger partial charge in [-0.05, 0) is 30.5 Å². The fraction of sp³-hybridized carbons (Fsp3) is 0.429. The molecule has 0 saturated heterocycles. The topological polar surface area (TPSA) is 78.4 Å². The minimum absolute atomic E-state index is 0.0744. The predicted octanol–water partition coefficient (Wildman–Crippen LogP) is 3.97. The van der Waals surface area contributed by atoms with Gasteiger partial charge >= 0.3 is 12.0 Å². The number of benzene rings is 1. The number of amides is 2. The van der Waals surface area contributed by atoms with E-state index in [4.69, 9.17) is 16.7 Å². The first kappa shape index (κ1) is 17.8. The Balaban J connectivity index is 2.57. The van der Waals surface area contributed by atoms with E-state index in [0.717, 1.165) is 4.47 Å². The quantitative estimate of drug-likeness (QED) is 0.702. The third-order valence-electron chi connectivity index (χ3n) is 2.79. The maximum atomic E-state index is 11.8. The zero-order valence-electron chi connectivity index (χ0n) is 11.8. The Morgan fingerprint density at radius 1 is 1.38 bits per heavy atom. The van der Waals surface area contributed by atoms with Crippen LogP contribution in [0.1, 0.15) is 20.3 Å². The second-order valence-corrected chi connectivity index (χ2v) is 6.45. The molecular formula is C14H18BrClN2O3. The van der Waals surface area contributed by atoms with Crippen LogP contribution in [0.4, 0.5) is 10.5 Å². The smallest absolute Gasteiger partial charge is 0.319 e. The third kappa shape index (κ3) is 6.35. The van der Waals surface area contributed by atoms with Gasteiger partial charge in [-0.1, -0.05) is 41.4 Å². The molecule has 0 heterocycles. The molecule has 1 rings (SSSR count). The van der Waals surface area contributed by atoms with Crippen molar-refractivity contribution in [2.45, 2.75) is 20.3 Å². The summed E-state index contributed by atoms with van der Waals surface area (Å²) in [4.78, 5) is 22.9. The summed E-state index contributed by atoms with van der Waals surface area (Å²) < 4.78 is 0.783. The van der Waals surface area contributed by atoms with E-state index in [0.29, 0.717) is 17.1 Å². The van der Waals surface area contributed by atoms with E-state index in [9.17, 15) is 9.59 Å². The molecule has 0 aliphatic rings. The van der Waals surface area contributed by atoms with Crippen LogP contribution in [-0.4, -0.2) is 23.7 Å². The van der Waals surface area contributed by atoms with Gasteiger partial charge in [0.15, 0.2) is 0 Å². The predicted molar refractivity (Wildman–Crippen MR) is 86.8 cm³/mol. The van der Waals surface area contributed by atoms with Gasteiger partial charge in [0.1, 0.15) is 0 Å². The van der Waals surface area contributed by atoms with Crippen molar-refractivity contribution < 1.29 is 14.7 Å². The van der Waals surface area contributed by atoms with Gasteiger partial charge in [-0.15, -0.1) is 0 Å². The Labute approximate surface area is 137 Å². The van der Waals surface area contributed by atoms with Gasteiger partial charge in [-0.25, -0.2) is 4.79 Å². The fourth-order valence-corrected chi connectivity index (χ4v) is 2.34. The lowest BCUT2D eigenvalue weighted by Gasteiger charge is -2.16. The van der Waals surface area contributed by atoms with E-state index >= 15 is 0 Å². The molecule has 0 spiro atoms. The number of hydrogen-bond donors (Lipinski definition) is 3. The van der Waals surface area contributed by atoms with Crippen molar-refractivity contribution >= 4 is 45.2 Å². The molecule has 0 aromatic heterocycles. The molecule has 1 atom stereocenters. The highest BCUT2D eigenvalue weighted by Crippen LogP contribution is 2.25. The van der Waals surface area contributed by atoms with Gasteiger partial charge in [0.05, 0.1) is 16.6 Å². The maximum absolute atomic E-state index is 11.8. The number of hydrogen-bond acceptors (Lipinski definition) is 2. The van der Waals surface area contributed by atoms with Crippen molar-refractivity contribution in [1.29, 1.82) is 0 Å². The summed E-state index contributed by atoms with van der Waals surface area (Å²) in [7, 11) is 0. The Morgan fingerprint density at radius 2 is 2.05 bits per heavy atom. The van der Waals surface area contributed by atoms with Crippen molar-refractivity contribution in [3.63, 3.8) is 0 Å². The van der Waals surface area contributed by atoms with Crippen molar-refractivity contribution in [2.75, 3.05) is 11.9 Å². The second-order valence-electron chi connectivity index (χ2n) is 5.12. The number of aliphatic carboxylic acids is 1. The highest BCUT2D eigenvalue weighted by Gasteiger charge is 2.19. The minimum atomic E-state index is -0.913. The molecule has 0 bridgehead atoms. The number of anilines is 1. The molecule has 0 fully saturated rings. The molecule has 0 aliphatic carbocycles. The Morgan fingerprint density at radius 3 is 2.62 bits per heavy atom. The standard InChI is InChI=1S/C14H18BrClN2O3/c1-8(2)5-9(13(19)20)7-17-14(21)18-12-6-10(15)3-4-11(12)16/h3-4,6,8-9H,5,7H2,1-2H3,(H,19,20)(H2,17,18,21). The van der Waals surface area contributed by atoms with E-state index in [-0.39, 0.29) is 12.5 Å². The van der Waals surface area contributed by atoms with Crippen LogP contribution in [0.5, 0.6) is 0 Å². The highest BCUT2D eigenvalue weighted by atomic mass is 79.9. The zero-order valence-corrected chi connectivity index (χ0v) is 14.2. The van der Waals surface area contributed by atoms with Crippen LogP contribution >= 0.6 is 27.5 Å². The van der Waals surface area contributed by atoms with Crippen LogP contribution in [0, 0.1) is 11.8 Å². The molecule has 1 unspecified atom stereocenters. The first-order valence-corrected chi connectivity index (χ1v) is 7.69. The molecule has 0 aliphatic heterocycles. The van der Waals surface area contributed by atoms with Crippen LogP contribution < -0.4 is 10.6 Å². The number of rotatable bonds is 6. The van der Waals surface area contributed by atoms with E-state index in [1.165, 1.54) is 0 Å². The summed E-state index contributed by atoms with van der Waals surface area (Å²) in [5, 5.41) is 14.7. The number of carboxylic acid groups (broad SMARTS) is 1. The van der Waals surface area contributed by atoms with Crippen molar-refractivity contribution in [3.05, 3.63) is 27.7 Å². The molecule has 7 heteroatoms. The van der Waals surface area contributed by atoms with Crippen LogP contribution in [0.3, 0.4) is 0 Å². The van der Waals surface area contributed by atoms with E-state index in [1.54, 1.807) is 18.2 Å². The molecule has 0 radical (unpaired) electrons. The number of urea groups is 1. The Hall–Kier alpha value is -1.27. The molecule has 2 amide bonds. The molecule has 3 N–H and O–H groups in total. The largest absolute Gasteiger partial charge is 0.481 e. The number of halogens is 2. The van der Waals surface area contributed by atoms with Crippen LogP contribution in [0.25, 0.3) is 0 Å². The van der Waals surface area contributed by atoms with Crippen LogP contribution in [0.15, 0.2) is 22.7 Å². The average Bonchev–Trinajstić information content (AvgIpc) is 2.38. The molecule has 5 nitrogen and oxygen atoms in total. The van der Waals surface area contributed by atoms with Crippen molar-refractivity contribution in [1.82, 2.24) is 5.32 Å². The summed E-state index contributed by atoms with van der Waals surface area (Å²) >= 11 is 9.25. The third-order valence-corrected chi connectivity index (χ3v) is 3.61. The first-order valence-electron chi connectivity index (χ1n) is 6.52. The molecule has 21 heavy (non-hydrogen) atoms. The average molecular weight is 378 g/mol. The second kappa shape index (κ2) is 8.24. The summed E-state index contributed by atoms with van der Waals surface area (Å²) in [5.74, 6) is -1.27. The fourth-order valence-electron chi connectivity index (χ4n) is 1.82. The lowest BCUT2D eigenvalue weighted by molar-refractivity contribution is -0.142.